The molecular formula is C26H26FN7O. The molecule has 5 rings (SSSR count). The summed E-state index contributed by atoms with van der Waals surface area (Å²) in [6, 6.07) is 9.59. The number of aryl methyl sites for hydroxylation is 1. The van der Waals surface area contributed by atoms with Crippen LogP contribution in [0.25, 0.3) is 22.6 Å². The molecule has 0 bridgehead atoms. The van der Waals surface area contributed by atoms with Gasteiger partial charge in [0.15, 0.2) is 5.65 Å². The van der Waals surface area contributed by atoms with E-state index >= 15 is 4.39 Å². The van der Waals surface area contributed by atoms with Crippen molar-refractivity contribution in [3.63, 3.8) is 0 Å². The van der Waals surface area contributed by atoms with E-state index in [0.29, 0.717) is 45.3 Å². The third kappa shape index (κ3) is 4.45. The zero-order chi connectivity index (χ0) is 24.5. The number of nitriles is 1. The van der Waals surface area contributed by atoms with Gasteiger partial charge in [0, 0.05) is 23.5 Å². The average Bonchev–Trinajstić information content (AvgIpc) is 3.24. The van der Waals surface area contributed by atoms with Gasteiger partial charge in [-0.05, 0) is 63.5 Å². The minimum absolute atomic E-state index is 0.210. The van der Waals surface area contributed by atoms with Crippen molar-refractivity contribution >= 4 is 11.2 Å². The minimum Gasteiger partial charge on any atom is -0.467 e. The number of imidazole rings is 1. The Morgan fingerprint density at radius 3 is 2.66 bits per heavy atom. The second-order valence-corrected chi connectivity index (χ2v) is 8.99. The van der Waals surface area contributed by atoms with Gasteiger partial charge in [-0.15, -0.1) is 0 Å². The summed E-state index contributed by atoms with van der Waals surface area (Å²) in [7, 11) is 3.62. The van der Waals surface area contributed by atoms with Crippen LogP contribution in [0.1, 0.15) is 41.1 Å². The zero-order valence-electron chi connectivity index (χ0n) is 20.0. The number of methoxy groups -OCH3 is 1. The molecule has 1 aliphatic rings. The lowest BCUT2D eigenvalue weighted by atomic mass is 9.89. The average molecular weight is 472 g/mol. The summed E-state index contributed by atoms with van der Waals surface area (Å²) in [5.41, 5.74) is 4.40. The summed E-state index contributed by atoms with van der Waals surface area (Å²) in [5, 5.41) is 9.34. The van der Waals surface area contributed by atoms with Crippen LogP contribution in [-0.4, -0.2) is 56.6 Å². The summed E-state index contributed by atoms with van der Waals surface area (Å²) in [6.07, 6.45) is 5.19. The quantitative estimate of drug-likeness (QED) is 0.433. The predicted octanol–water partition coefficient (Wildman–Crippen LogP) is 4.07. The second-order valence-electron chi connectivity index (χ2n) is 8.99. The van der Waals surface area contributed by atoms with Crippen molar-refractivity contribution in [2.45, 2.75) is 32.2 Å². The van der Waals surface area contributed by atoms with Gasteiger partial charge in [-0.2, -0.15) is 15.2 Å². The number of halogens is 1. The van der Waals surface area contributed by atoms with Crippen LogP contribution in [0, 0.1) is 24.1 Å². The number of likely N-dealkylation sites (tertiary alicyclic amines) is 1. The molecule has 1 aromatic carbocycles. The number of fused-ring (bicyclic) bond motifs is 1. The zero-order valence-corrected chi connectivity index (χ0v) is 20.0. The van der Waals surface area contributed by atoms with E-state index in [1.165, 1.54) is 13.3 Å². The molecule has 1 saturated heterocycles. The van der Waals surface area contributed by atoms with Crippen molar-refractivity contribution in [3.8, 4) is 23.5 Å². The fraction of sp³-hybridized carbons (Fsp3) is 0.346. The minimum atomic E-state index is -0.254. The van der Waals surface area contributed by atoms with E-state index in [0.717, 1.165) is 31.5 Å². The lowest BCUT2D eigenvalue weighted by Gasteiger charge is -2.29. The van der Waals surface area contributed by atoms with Gasteiger partial charge in [-0.25, -0.2) is 9.37 Å². The molecule has 0 atom stereocenters. The molecule has 1 aliphatic heterocycles. The number of pyridine rings is 1. The number of aromatic nitrogens is 5. The molecule has 1 fully saturated rings. The van der Waals surface area contributed by atoms with Gasteiger partial charge in [-0.1, -0.05) is 12.1 Å². The highest BCUT2D eigenvalue weighted by atomic mass is 19.1. The van der Waals surface area contributed by atoms with E-state index in [1.54, 1.807) is 18.3 Å². The maximum Gasteiger partial charge on any atom is 0.318 e. The Kier molecular flexibility index (Phi) is 6.14. The highest BCUT2D eigenvalue weighted by Crippen LogP contribution is 2.31. The number of nitrogens with zero attached hydrogens (tertiary/aromatic N) is 7. The number of rotatable bonds is 5. The van der Waals surface area contributed by atoms with Crippen molar-refractivity contribution < 1.29 is 9.13 Å². The van der Waals surface area contributed by atoms with Crippen LogP contribution in [0.3, 0.4) is 0 Å². The fourth-order valence-corrected chi connectivity index (χ4v) is 4.66. The largest absolute Gasteiger partial charge is 0.467 e. The Morgan fingerprint density at radius 2 is 1.94 bits per heavy atom. The van der Waals surface area contributed by atoms with E-state index in [2.05, 4.69) is 33.0 Å². The lowest BCUT2D eigenvalue weighted by molar-refractivity contribution is 0.255. The monoisotopic (exact) mass is 471 g/mol. The van der Waals surface area contributed by atoms with Gasteiger partial charge < -0.3 is 14.2 Å². The Balaban J connectivity index is 1.58. The van der Waals surface area contributed by atoms with Gasteiger partial charge in [0.05, 0.1) is 24.9 Å². The van der Waals surface area contributed by atoms with Crippen molar-refractivity contribution in [1.29, 1.82) is 5.26 Å². The van der Waals surface area contributed by atoms with Gasteiger partial charge >= 0.3 is 6.01 Å². The molecule has 35 heavy (non-hydrogen) atoms. The van der Waals surface area contributed by atoms with Crippen LogP contribution in [0.2, 0.25) is 0 Å². The van der Waals surface area contributed by atoms with Crippen molar-refractivity contribution in [2.24, 2.45) is 0 Å². The van der Waals surface area contributed by atoms with Crippen LogP contribution in [0.4, 0.5) is 4.39 Å². The molecule has 4 aromatic rings. The third-order valence-electron chi connectivity index (χ3n) is 6.65. The van der Waals surface area contributed by atoms with E-state index in [4.69, 9.17) is 9.72 Å². The molecular weight excluding hydrogens is 445 g/mol. The molecule has 0 N–H and O–H groups in total. The summed E-state index contributed by atoms with van der Waals surface area (Å²) in [6.45, 7) is 4.08. The highest BCUT2D eigenvalue weighted by molar-refractivity contribution is 5.79. The number of hydrogen-bond donors (Lipinski definition) is 0. The Labute approximate surface area is 203 Å². The molecule has 3 aromatic heterocycles. The first-order valence-corrected chi connectivity index (χ1v) is 11.6. The Morgan fingerprint density at radius 1 is 1.14 bits per heavy atom. The SMILES string of the molecule is COc1nc(C)c2nc(-c3cncc(C#N)c3)n(Cc3ccc(C4CCN(C)CC4)cc3F)c2n1. The predicted molar refractivity (Wildman–Crippen MR) is 130 cm³/mol. The molecule has 0 spiro atoms. The smallest absolute Gasteiger partial charge is 0.318 e. The molecule has 9 heteroatoms. The third-order valence-corrected chi connectivity index (χ3v) is 6.65. The number of piperidine rings is 1. The van der Waals surface area contributed by atoms with Gasteiger partial charge in [0.1, 0.15) is 23.2 Å². The first-order chi connectivity index (χ1) is 17.0. The summed E-state index contributed by atoms with van der Waals surface area (Å²) >= 11 is 0. The van der Waals surface area contributed by atoms with Crippen LogP contribution in [0.15, 0.2) is 36.7 Å². The van der Waals surface area contributed by atoms with Crippen LogP contribution < -0.4 is 4.74 Å². The highest BCUT2D eigenvalue weighted by Gasteiger charge is 2.22. The summed E-state index contributed by atoms with van der Waals surface area (Å²) < 4.78 is 22.5. The van der Waals surface area contributed by atoms with E-state index in [9.17, 15) is 5.26 Å². The van der Waals surface area contributed by atoms with Crippen LogP contribution in [0.5, 0.6) is 6.01 Å². The van der Waals surface area contributed by atoms with Gasteiger partial charge in [-0.3, -0.25) is 4.98 Å². The van der Waals surface area contributed by atoms with E-state index in [-0.39, 0.29) is 18.4 Å². The molecule has 0 saturated carbocycles. The van der Waals surface area contributed by atoms with E-state index in [1.807, 2.05) is 23.6 Å². The number of hydrogen-bond acceptors (Lipinski definition) is 7. The Hall–Kier alpha value is -3.90. The van der Waals surface area contributed by atoms with Crippen LogP contribution in [-0.2, 0) is 6.54 Å². The van der Waals surface area contributed by atoms with Gasteiger partial charge in [0.2, 0.25) is 0 Å². The normalized spacial score (nSPS) is 14.8. The molecule has 0 radical (unpaired) electrons. The lowest BCUT2D eigenvalue weighted by Crippen LogP contribution is -2.29. The van der Waals surface area contributed by atoms with E-state index < -0.39 is 0 Å². The second kappa shape index (κ2) is 9.39. The molecule has 4 heterocycles. The topological polar surface area (TPSA) is 92.8 Å². The first-order valence-electron chi connectivity index (χ1n) is 11.6. The molecule has 0 aliphatic carbocycles. The van der Waals surface area contributed by atoms with Gasteiger partial charge in [0.25, 0.3) is 0 Å². The first kappa shape index (κ1) is 22.9. The molecule has 0 amide bonds. The van der Waals surface area contributed by atoms with Crippen molar-refractivity contribution in [2.75, 3.05) is 27.2 Å². The van der Waals surface area contributed by atoms with Crippen molar-refractivity contribution in [1.82, 2.24) is 29.4 Å². The Bertz CT molecular complexity index is 1430. The molecule has 178 valence electrons. The van der Waals surface area contributed by atoms with Crippen LogP contribution >= 0.6 is 0 Å². The number of ether oxygens (including phenoxy) is 1. The summed E-state index contributed by atoms with van der Waals surface area (Å²) in [4.78, 5) is 20.1. The molecule has 0 unspecified atom stereocenters. The van der Waals surface area contributed by atoms with Crippen molar-refractivity contribution in [3.05, 3.63) is 64.9 Å². The standard InChI is InChI=1S/C26H26FN7O/c1-16-23-25(32-26(30-16)35-3)34(24(31-23)21-10-17(12-28)13-29-14-21)15-20-5-4-19(11-22(20)27)18-6-8-33(2)9-7-18/h4-5,10-11,13-14,18H,6-9,15H2,1-3H3. The number of benzene rings is 1. The summed E-state index contributed by atoms with van der Waals surface area (Å²) in [5.74, 6) is 0.656. The fourth-order valence-electron chi connectivity index (χ4n) is 4.66. The maximum absolute atomic E-state index is 15.4. The maximum atomic E-state index is 15.4. The molecule has 8 nitrogen and oxygen atoms in total.